The molecule has 1 aliphatic heterocycles. The molecule has 1 rings (SSSR count). The molecule has 2 N–H and O–H groups in total. The Labute approximate surface area is 108 Å². The second kappa shape index (κ2) is 6.18. The maximum atomic E-state index is 12.1. The van der Waals surface area contributed by atoms with Gasteiger partial charge in [-0.25, -0.2) is 0 Å². The summed E-state index contributed by atoms with van der Waals surface area (Å²) in [5, 5.41) is 11.6. The van der Waals surface area contributed by atoms with Crippen LogP contribution in [0.2, 0.25) is 0 Å². The maximum absolute atomic E-state index is 12.1. The number of amides is 1. The molecule has 0 spiro atoms. The molecule has 18 heavy (non-hydrogen) atoms. The lowest BCUT2D eigenvalue weighted by atomic mass is 9.94. The lowest BCUT2D eigenvalue weighted by molar-refractivity contribution is -0.138. The van der Waals surface area contributed by atoms with Crippen molar-refractivity contribution >= 4 is 11.9 Å². The summed E-state index contributed by atoms with van der Waals surface area (Å²) in [5.74, 6) is -0.957. The molecule has 0 aromatic heterocycles. The third kappa shape index (κ3) is 4.29. The van der Waals surface area contributed by atoms with Crippen LogP contribution in [-0.2, 0) is 14.3 Å². The lowest BCUT2D eigenvalue weighted by Crippen LogP contribution is -2.47. The zero-order chi connectivity index (χ0) is 13.8. The van der Waals surface area contributed by atoms with E-state index < -0.39 is 11.5 Å². The highest BCUT2D eigenvalue weighted by atomic mass is 16.5. The van der Waals surface area contributed by atoms with Crippen molar-refractivity contribution in [1.29, 1.82) is 0 Å². The molecule has 0 bridgehead atoms. The molecule has 0 saturated carbocycles. The Morgan fingerprint density at radius 3 is 2.67 bits per heavy atom. The number of carbonyl (C=O) groups excluding carboxylic acids is 1. The largest absolute Gasteiger partial charge is 0.481 e. The van der Waals surface area contributed by atoms with Crippen molar-refractivity contribution in [3.8, 4) is 0 Å². The van der Waals surface area contributed by atoms with Gasteiger partial charge in [-0.15, -0.1) is 0 Å². The van der Waals surface area contributed by atoms with E-state index in [1.54, 1.807) is 0 Å². The van der Waals surface area contributed by atoms with Gasteiger partial charge >= 0.3 is 5.97 Å². The average Bonchev–Trinajstić information content (AvgIpc) is 2.74. The molecule has 0 aromatic rings. The van der Waals surface area contributed by atoms with Crippen LogP contribution in [-0.4, -0.2) is 35.2 Å². The van der Waals surface area contributed by atoms with Crippen molar-refractivity contribution in [2.45, 2.75) is 58.1 Å². The van der Waals surface area contributed by atoms with Crippen LogP contribution in [0.15, 0.2) is 0 Å². The maximum Gasteiger partial charge on any atom is 0.303 e. The summed E-state index contributed by atoms with van der Waals surface area (Å²) < 4.78 is 5.49. The van der Waals surface area contributed by atoms with Crippen LogP contribution in [0.4, 0.5) is 0 Å². The molecular formula is C13H23NO4. The third-order valence-electron chi connectivity index (χ3n) is 3.37. The van der Waals surface area contributed by atoms with Gasteiger partial charge in [-0.1, -0.05) is 6.92 Å². The summed E-state index contributed by atoms with van der Waals surface area (Å²) in [7, 11) is 0. The summed E-state index contributed by atoms with van der Waals surface area (Å²) in [4.78, 5) is 22.7. The van der Waals surface area contributed by atoms with Crippen molar-refractivity contribution in [2.24, 2.45) is 5.92 Å². The van der Waals surface area contributed by atoms with E-state index in [1.807, 2.05) is 20.8 Å². The monoisotopic (exact) mass is 257 g/mol. The van der Waals surface area contributed by atoms with Crippen LogP contribution in [0.25, 0.3) is 0 Å². The molecule has 104 valence electrons. The van der Waals surface area contributed by atoms with E-state index in [1.165, 1.54) is 0 Å². The minimum Gasteiger partial charge on any atom is -0.481 e. The Bertz CT molecular complexity index is 314. The highest BCUT2D eigenvalue weighted by Crippen LogP contribution is 2.24. The molecule has 0 aromatic carbocycles. The molecule has 1 heterocycles. The second-order valence-electron chi connectivity index (χ2n) is 5.48. The molecule has 2 unspecified atom stereocenters. The molecule has 1 amide bonds. The van der Waals surface area contributed by atoms with Gasteiger partial charge in [0, 0.05) is 18.6 Å². The van der Waals surface area contributed by atoms with Crippen molar-refractivity contribution < 1.29 is 19.4 Å². The third-order valence-corrected chi connectivity index (χ3v) is 3.37. The number of carbonyl (C=O) groups is 2. The first-order valence-electron chi connectivity index (χ1n) is 6.51. The standard InChI is InChI=1S/C13H23NO4/c1-4-10-9(6-8-18-10)12(17)14-13(2,3)7-5-11(15)16/h9-10H,4-8H2,1-3H3,(H,14,17)(H,15,16). The van der Waals surface area contributed by atoms with Gasteiger partial charge in [0.2, 0.25) is 5.91 Å². The fourth-order valence-electron chi connectivity index (χ4n) is 2.26. The zero-order valence-corrected chi connectivity index (χ0v) is 11.4. The predicted octanol–water partition coefficient (Wildman–Crippen LogP) is 1.56. The Morgan fingerprint density at radius 2 is 2.11 bits per heavy atom. The number of aliphatic carboxylic acids is 1. The van der Waals surface area contributed by atoms with Gasteiger partial charge < -0.3 is 15.2 Å². The van der Waals surface area contributed by atoms with Crippen molar-refractivity contribution in [3.63, 3.8) is 0 Å². The second-order valence-corrected chi connectivity index (χ2v) is 5.48. The number of carboxylic acids is 1. The number of hydrogen-bond acceptors (Lipinski definition) is 3. The molecule has 2 atom stereocenters. The number of hydrogen-bond donors (Lipinski definition) is 2. The van der Waals surface area contributed by atoms with Crippen molar-refractivity contribution in [1.82, 2.24) is 5.32 Å². The number of nitrogens with one attached hydrogen (secondary N) is 1. The predicted molar refractivity (Wildman–Crippen MR) is 67.2 cm³/mol. The fraction of sp³-hybridized carbons (Fsp3) is 0.846. The fourth-order valence-corrected chi connectivity index (χ4v) is 2.26. The Hall–Kier alpha value is -1.10. The van der Waals surface area contributed by atoms with E-state index in [0.717, 1.165) is 12.8 Å². The van der Waals surface area contributed by atoms with Crippen LogP contribution < -0.4 is 5.32 Å². The normalized spacial score (nSPS) is 23.9. The molecule has 1 fully saturated rings. The van der Waals surface area contributed by atoms with Gasteiger partial charge in [0.05, 0.1) is 12.0 Å². The quantitative estimate of drug-likeness (QED) is 0.757. The number of carboxylic acid groups (broad SMARTS) is 1. The van der Waals surface area contributed by atoms with Gasteiger partial charge in [-0.05, 0) is 33.1 Å². The van der Waals surface area contributed by atoms with Crippen LogP contribution in [0, 0.1) is 5.92 Å². The summed E-state index contributed by atoms with van der Waals surface area (Å²) in [6.07, 6.45) is 2.07. The number of rotatable bonds is 6. The summed E-state index contributed by atoms with van der Waals surface area (Å²) in [6, 6.07) is 0. The van der Waals surface area contributed by atoms with E-state index in [0.29, 0.717) is 13.0 Å². The van der Waals surface area contributed by atoms with E-state index >= 15 is 0 Å². The summed E-state index contributed by atoms with van der Waals surface area (Å²) in [5.41, 5.74) is -0.490. The lowest BCUT2D eigenvalue weighted by Gasteiger charge is -2.28. The minimum atomic E-state index is -0.840. The summed E-state index contributed by atoms with van der Waals surface area (Å²) >= 11 is 0. The van der Waals surface area contributed by atoms with Crippen LogP contribution in [0.3, 0.4) is 0 Å². The first kappa shape index (κ1) is 15.0. The van der Waals surface area contributed by atoms with Gasteiger partial charge in [0.1, 0.15) is 0 Å². The van der Waals surface area contributed by atoms with Crippen molar-refractivity contribution in [3.05, 3.63) is 0 Å². The SMILES string of the molecule is CCC1OCCC1C(=O)NC(C)(C)CCC(=O)O. The van der Waals surface area contributed by atoms with Crippen LogP contribution >= 0.6 is 0 Å². The Morgan fingerprint density at radius 1 is 1.44 bits per heavy atom. The molecule has 5 heteroatoms. The van der Waals surface area contributed by atoms with Gasteiger partial charge in [-0.2, -0.15) is 0 Å². The van der Waals surface area contributed by atoms with E-state index in [9.17, 15) is 9.59 Å². The first-order chi connectivity index (χ1) is 8.35. The van der Waals surface area contributed by atoms with Gasteiger partial charge in [0.15, 0.2) is 0 Å². The molecule has 0 radical (unpaired) electrons. The molecular weight excluding hydrogens is 234 g/mol. The van der Waals surface area contributed by atoms with Crippen molar-refractivity contribution in [2.75, 3.05) is 6.61 Å². The minimum absolute atomic E-state index is 0.000253. The highest BCUT2D eigenvalue weighted by Gasteiger charge is 2.35. The zero-order valence-electron chi connectivity index (χ0n) is 11.4. The van der Waals surface area contributed by atoms with Crippen LogP contribution in [0.5, 0.6) is 0 Å². The Kier molecular flexibility index (Phi) is 5.14. The molecule has 0 aliphatic carbocycles. The van der Waals surface area contributed by atoms with E-state index in [2.05, 4.69) is 5.32 Å². The molecule has 5 nitrogen and oxygen atoms in total. The van der Waals surface area contributed by atoms with Gasteiger partial charge in [-0.3, -0.25) is 9.59 Å². The topological polar surface area (TPSA) is 75.6 Å². The first-order valence-corrected chi connectivity index (χ1v) is 6.51. The number of ether oxygens (including phenoxy) is 1. The van der Waals surface area contributed by atoms with E-state index in [-0.39, 0.29) is 24.3 Å². The smallest absolute Gasteiger partial charge is 0.303 e. The molecule has 1 aliphatic rings. The molecule has 1 saturated heterocycles. The van der Waals surface area contributed by atoms with Crippen LogP contribution in [0.1, 0.15) is 46.5 Å². The highest BCUT2D eigenvalue weighted by molar-refractivity contribution is 5.80. The Balaban J connectivity index is 2.49. The van der Waals surface area contributed by atoms with E-state index in [4.69, 9.17) is 9.84 Å². The van der Waals surface area contributed by atoms with Gasteiger partial charge in [0.25, 0.3) is 0 Å². The average molecular weight is 257 g/mol. The summed E-state index contributed by atoms with van der Waals surface area (Å²) in [6.45, 7) is 6.34.